The molecular weight excluding hydrogens is 474 g/mol. The summed E-state index contributed by atoms with van der Waals surface area (Å²) >= 11 is 1.56. The molecule has 1 aromatic heterocycles. The molecule has 3 rings (SSSR count). The van der Waals surface area contributed by atoms with Gasteiger partial charge in [0, 0.05) is 30.1 Å². The second kappa shape index (κ2) is 11.4. The Balaban J connectivity index is 1.86. The van der Waals surface area contributed by atoms with Crippen LogP contribution in [0.15, 0.2) is 70.9 Å². The Morgan fingerprint density at radius 2 is 1.71 bits per heavy atom. The third kappa shape index (κ3) is 6.28. The smallest absolute Gasteiger partial charge is 0.269 e. The van der Waals surface area contributed by atoms with Crippen LogP contribution in [0.1, 0.15) is 29.3 Å². The summed E-state index contributed by atoms with van der Waals surface area (Å²) in [6, 6.07) is 16.3. The Labute approximate surface area is 203 Å². The van der Waals surface area contributed by atoms with E-state index in [1.54, 1.807) is 16.2 Å². The minimum atomic E-state index is -4.01. The van der Waals surface area contributed by atoms with Crippen LogP contribution < -0.4 is 0 Å². The van der Waals surface area contributed by atoms with Crippen molar-refractivity contribution in [3.05, 3.63) is 92.2 Å². The standard InChI is InChI=1S/C24H27N3O5S2/c1-3-14-26(34(31,32)22-11-9-21(10-12-22)27(29)30)18-24(28)25(16-20-7-5-4-6-8-20)17-23-19(2)13-15-33-23/h4-13,15H,3,14,16-18H2,1-2H3. The lowest BCUT2D eigenvalue weighted by Crippen LogP contribution is -2.42. The van der Waals surface area contributed by atoms with Crippen LogP contribution in [-0.4, -0.2) is 41.5 Å². The van der Waals surface area contributed by atoms with Crippen molar-refractivity contribution >= 4 is 33.0 Å². The van der Waals surface area contributed by atoms with Gasteiger partial charge in [-0.3, -0.25) is 14.9 Å². The van der Waals surface area contributed by atoms with Gasteiger partial charge in [0.1, 0.15) is 0 Å². The number of sulfonamides is 1. The number of hydrogen-bond donors (Lipinski definition) is 0. The molecule has 180 valence electrons. The molecule has 1 heterocycles. The topological polar surface area (TPSA) is 101 Å². The number of benzene rings is 2. The number of amides is 1. The summed E-state index contributed by atoms with van der Waals surface area (Å²) in [6.45, 7) is 4.40. The molecule has 0 radical (unpaired) electrons. The lowest BCUT2D eigenvalue weighted by molar-refractivity contribution is -0.384. The summed E-state index contributed by atoms with van der Waals surface area (Å²) in [5.74, 6) is -0.310. The molecule has 2 aromatic carbocycles. The number of aryl methyl sites for hydroxylation is 1. The Morgan fingerprint density at radius 3 is 2.26 bits per heavy atom. The lowest BCUT2D eigenvalue weighted by atomic mass is 10.2. The molecule has 0 unspecified atom stereocenters. The van der Waals surface area contributed by atoms with Gasteiger partial charge >= 0.3 is 0 Å². The van der Waals surface area contributed by atoms with Crippen LogP contribution in [-0.2, 0) is 27.9 Å². The number of nitro benzene ring substituents is 1. The first kappa shape index (κ1) is 25.5. The molecule has 0 saturated carbocycles. The second-order valence-electron chi connectivity index (χ2n) is 7.85. The Kier molecular flexibility index (Phi) is 8.54. The zero-order valence-electron chi connectivity index (χ0n) is 19.1. The van der Waals surface area contributed by atoms with Crippen LogP contribution in [0.3, 0.4) is 0 Å². The zero-order valence-corrected chi connectivity index (χ0v) is 20.7. The molecule has 1 amide bonds. The minimum Gasteiger partial charge on any atom is -0.332 e. The van der Waals surface area contributed by atoms with E-state index in [1.165, 1.54) is 12.1 Å². The van der Waals surface area contributed by atoms with E-state index in [4.69, 9.17) is 0 Å². The normalized spacial score (nSPS) is 11.5. The Morgan fingerprint density at radius 1 is 1.03 bits per heavy atom. The van der Waals surface area contributed by atoms with Crippen molar-refractivity contribution in [2.45, 2.75) is 38.3 Å². The van der Waals surface area contributed by atoms with E-state index in [-0.39, 0.29) is 29.6 Å². The van der Waals surface area contributed by atoms with Gasteiger partial charge < -0.3 is 4.90 Å². The molecule has 3 aromatic rings. The first-order chi connectivity index (χ1) is 16.2. The maximum absolute atomic E-state index is 13.4. The van der Waals surface area contributed by atoms with Crippen molar-refractivity contribution in [1.82, 2.24) is 9.21 Å². The number of nitrogens with zero attached hydrogens (tertiary/aromatic N) is 3. The lowest BCUT2D eigenvalue weighted by Gasteiger charge is -2.27. The molecule has 0 N–H and O–H groups in total. The summed E-state index contributed by atoms with van der Waals surface area (Å²) in [6.07, 6.45) is 0.516. The quantitative estimate of drug-likeness (QED) is 0.282. The van der Waals surface area contributed by atoms with E-state index in [9.17, 15) is 23.3 Å². The van der Waals surface area contributed by atoms with Gasteiger partial charge in [-0.15, -0.1) is 11.3 Å². The van der Waals surface area contributed by atoms with Gasteiger partial charge in [0.15, 0.2) is 0 Å². The molecule has 0 aliphatic heterocycles. The van der Waals surface area contributed by atoms with Gasteiger partial charge in [-0.25, -0.2) is 8.42 Å². The SMILES string of the molecule is CCCN(CC(=O)N(Cc1ccccc1)Cc1sccc1C)S(=O)(=O)c1ccc([N+](=O)[O-])cc1. The first-order valence-corrected chi connectivity index (χ1v) is 13.1. The van der Waals surface area contributed by atoms with Crippen LogP contribution in [0, 0.1) is 17.0 Å². The number of non-ortho nitro benzene ring substituents is 1. The number of hydrogen-bond acceptors (Lipinski definition) is 6. The van der Waals surface area contributed by atoms with Crippen molar-refractivity contribution in [2.75, 3.05) is 13.1 Å². The zero-order chi connectivity index (χ0) is 24.7. The van der Waals surface area contributed by atoms with Crippen molar-refractivity contribution in [1.29, 1.82) is 0 Å². The molecule has 0 fully saturated rings. The predicted octanol–water partition coefficient (Wildman–Crippen LogP) is 4.59. The van der Waals surface area contributed by atoms with E-state index in [0.29, 0.717) is 19.5 Å². The largest absolute Gasteiger partial charge is 0.332 e. The highest BCUT2D eigenvalue weighted by molar-refractivity contribution is 7.89. The first-order valence-electron chi connectivity index (χ1n) is 10.8. The van der Waals surface area contributed by atoms with Crippen LogP contribution in [0.4, 0.5) is 5.69 Å². The maximum Gasteiger partial charge on any atom is 0.269 e. The fourth-order valence-electron chi connectivity index (χ4n) is 3.45. The third-order valence-electron chi connectivity index (χ3n) is 5.34. The van der Waals surface area contributed by atoms with E-state index in [2.05, 4.69) is 0 Å². The third-order valence-corrected chi connectivity index (χ3v) is 8.21. The van der Waals surface area contributed by atoms with E-state index < -0.39 is 14.9 Å². The number of thiophene rings is 1. The van der Waals surface area contributed by atoms with Gasteiger partial charge in [-0.2, -0.15) is 4.31 Å². The van der Waals surface area contributed by atoms with Crippen LogP contribution in [0.25, 0.3) is 0 Å². The van der Waals surface area contributed by atoms with E-state index in [0.717, 1.165) is 32.4 Å². The summed E-state index contributed by atoms with van der Waals surface area (Å²) in [7, 11) is -4.01. The molecule has 8 nitrogen and oxygen atoms in total. The maximum atomic E-state index is 13.4. The Hall–Kier alpha value is -3.08. The molecule has 0 atom stereocenters. The molecule has 0 spiro atoms. The van der Waals surface area contributed by atoms with Crippen molar-refractivity contribution in [3.63, 3.8) is 0 Å². The van der Waals surface area contributed by atoms with Crippen LogP contribution in [0.2, 0.25) is 0 Å². The highest BCUT2D eigenvalue weighted by Crippen LogP contribution is 2.22. The molecule has 34 heavy (non-hydrogen) atoms. The summed E-state index contributed by atoms with van der Waals surface area (Å²) in [5, 5.41) is 12.9. The average molecular weight is 502 g/mol. The number of carbonyl (C=O) groups excluding carboxylic acids is 1. The van der Waals surface area contributed by atoms with Crippen molar-refractivity contribution < 1.29 is 18.1 Å². The van der Waals surface area contributed by atoms with Crippen molar-refractivity contribution in [3.8, 4) is 0 Å². The number of carbonyl (C=O) groups is 1. The summed E-state index contributed by atoms with van der Waals surface area (Å²) in [5.41, 5.74) is 1.84. The molecule has 0 saturated heterocycles. The highest BCUT2D eigenvalue weighted by Gasteiger charge is 2.29. The minimum absolute atomic E-state index is 0.0805. The second-order valence-corrected chi connectivity index (χ2v) is 10.8. The van der Waals surface area contributed by atoms with E-state index in [1.807, 2.05) is 55.6 Å². The molecule has 10 heteroatoms. The molecular formula is C24H27N3O5S2. The van der Waals surface area contributed by atoms with Gasteiger partial charge in [-0.05, 0) is 48.1 Å². The van der Waals surface area contributed by atoms with Gasteiger partial charge in [0.25, 0.3) is 5.69 Å². The van der Waals surface area contributed by atoms with Gasteiger partial charge in [-0.1, -0.05) is 37.3 Å². The number of rotatable bonds is 11. The van der Waals surface area contributed by atoms with E-state index >= 15 is 0 Å². The Bertz CT molecular complexity index is 1230. The highest BCUT2D eigenvalue weighted by atomic mass is 32.2. The summed E-state index contributed by atoms with van der Waals surface area (Å²) < 4.78 is 27.7. The fraction of sp³-hybridized carbons (Fsp3) is 0.292. The molecule has 0 bridgehead atoms. The monoisotopic (exact) mass is 501 g/mol. The number of nitro groups is 1. The average Bonchev–Trinajstić information content (AvgIpc) is 3.23. The fourth-order valence-corrected chi connectivity index (χ4v) is 5.85. The molecule has 0 aliphatic carbocycles. The van der Waals surface area contributed by atoms with Crippen LogP contribution >= 0.6 is 11.3 Å². The van der Waals surface area contributed by atoms with Gasteiger partial charge in [0.05, 0.1) is 22.9 Å². The van der Waals surface area contributed by atoms with Crippen LogP contribution in [0.5, 0.6) is 0 Å². The predicted molar refractivity (Wildman–Crippen MR) is 132 cm³/mol. The van der Waals surface area contributed by atoms with Gasteiger partial charge in [0.2, 0.25) is 15.9 Å². The van der Waals surface area contributed by atoms with Crippen molar-refractivity contribution in [2.24, 2.45) is 0 Å². The summed E-state index contributed by atoms with van der Waals surface area (Å²) in [4.78, 5) is 26.4. The molecule has 0 aliphatic rings.